The molecule has 8 aliphatic heterocycles. The highest BCUT2D eigenvalue weighted by molar-refractivity contribution is 7.72. The van der Waals surface area contributed by atoms with Gasteiger partial charge < -0.3 is 38.5 Å². The van der Waals surface area contributed by atoms with E-state index in [1.54, 1.807) is 19.6 Å². The van der Waals surface area contributed by atoms with Crippen LogP contribution >= 0.6 is 15.8 Å². The first-order valence-electron chi connectivity index (χ1n) is 32.5. The van der Waals surface area contributed by atoms with Crippen molar-refractivity contribution in [3.63, 3.8) is 0 Å². The average molecular weight is 1290 g/mol. The number of methoxy groups -OCH3 is 4. The van der Waals surface area contributed by atoms with Crippen molar-refractivity contribution in [2.45, 2.75) is 124 Å². The van der Waals surface area contributed by atoms with Crippen molar-refractivity contribution in [1.82, 2.24) is 39.6 Å². The van der Waals surface area contributed by atoms with Crippen LogP contribution in [-0.2, 0) is 38.1 Å². The fourth-order valence-electron chi connectivity index (χ4n) is 16.0. The van der Waals surface area contributed by atoms with Gasteiger partial charge in [-0.05, 0) is 150 Å². The molecule has 0 spiro atoms. The molecule has 8 heterocycles. The van der Waals surface area contributed by atoms with E-state index in [-0.39, 0.29) is 23.6 Å². The minimum atomic E-state index is -1.70. The van der Waals surface area contributed by atoms with Crippen molar-refractivity contribution >= 4 is 74.0 Å². The van der Waals surface area contributed by atoms with Gasteiger partial charge in [0.1, 0.15) is 24.2 Å². The highest BCUT2D eigenvalue weighted by Crippen LogP contribution is 2.74. The molecule has 13 rings (SSSR count). The smallest absolute Gasteiger partial charge is 0.328 e. The van der Waals surface area contributed by atoms with Gasteiger partial charge >= 0.3 is 23.9 Å². The van der Waals surface area contributed by atoms with Crippen LogP contribution in [0.15, 0.2) is 121 Å². The number of rotatable bonds is 14. The molecule has 92 heavy (non-hydrogen) atoms. The second-order valence-corrected chi connectivity index (χ2v) is 29.5. The zero-order chi connectivity index (χ0) is 63.9. The Kier molecular flexibility index (Phi) is 18.8. The first-order valence-corrected chi connectivity index (χ1v) is 35.5. The largest absolute Gasteiger partial charge is 0.467 e. The predicted molar refractivity (Wildman–Crippen MR) is 346 cm³/mol. The third kappa shape index (κ3) is 11.2. The highest BCUT2D eigenvalue weighted by atomic mass is 31.1. The predicted octanol–water partition coefficient (Wildman–Crippen LogP) is 8.46. The molecule has 5 aromatic rings. The van der Waals surface area contributed by atoms with Crippen LogP contribution in [0.3, 0.4) is 0 Å². The van der Waals surface area contributed by atoms with E-state index in [2.05, 4.69) is 68.6 Å². The molecule has 5 aromatic carbocycles. The normalized spacial score (nSPS) is 26.8. The lowest BCUT2D eigenvalue weighted by atomic mass is 10.0. The third-order valence-corrected chi connectivity index (χ3v) is 26.5. The van der Waals surface area contributed by atoms with Crippen molar-refractivity contribution in [3.8, 4) is 0 Å². The SMILES string of the molecule is COC(=O)[C@H]1CCCN1C(=O)c1ccccc1C1N2CCCCN2C(c2ccccc2C(=O)N2CCC[C@@H]2C(=O)OC)P1c1ccccc1P1C(c2ccccc2C(=O)N2CCC[C@@H]2C(=O)OC)N2CCCCN2C1c1ccccc1C(=O)N1CCC[C@@H]1C(=O)OC. The number of carbonyl (C=O) groups is 8. The zero-order valence-corrected chi connectivity index (χ0v) is 54.5. The molecule has 20 nitrogen and oxygen atoms in total. The fraction of sp³-hybridized carbons (Fsp3) is 0.457. The summed E-state index contributed by atoms with van der Waals surface area (Å²) in [6.07, 6.45) is 7.84. The van der Waals surface area contributed by atoms with E-state index in [1.807, 2.05) is 72.8 Å². The van der Waals surface area contributed by atoms with Gasteiger partial charge in [-0.1, -0.05) is 97.1 Å². The van der Waals surface area contributed by atoms with E-state index in [4.69, 9.17) is 18.9 Å². The Morgan fingerprint density at radius 3 is 0.750 bits per heavy atom. The van der Waals surface area contributed by atoms with E-state index < -0.39 is 87.0 Å². The van der Waals surface area contributed by atoms with Crippen molar-refractivity contribution < 1.29 is 57.3 Å². The molecular formula is C70H80N8O12P2. The molecule has 22 heteroatoms. The monoisotopic (exact) mass is 1290 g/mol. The lowest BCUT2D eigenvalue weighted by molar-refractivity contribution is -0.145. The number of ether oxygens (including phenoxy) is 4. The summed E-state index contributed by atoms with van der Waals surface area (Å²) < 4.78 is 21.2. The molecule has 8 fully saturated rings. The minimum Gasteiger partial charge on any atom is -0.467 e. The second kappa shape index (κ2) is 27.3. The summed E-state index contributed by atoms with van der Waals surface area (Å²) in [5, 5.41) is 11.8. The summed E-state index contributed by atoms with van der Waals surface area (Å²) in [6.45, 7) is 4.03. The van der Waals surface area contributed by atoms with Crippen LogP contribution in [0.4, 0.5) is 0 Å². The number of likely N-dealkylation sites (tertiary alicyclic amines) is 4. The Morgan fingerprint density at radius 1 is 0.304 bits per heavy atom. The van der Waals surface area contributed by atoms with Crippen molar-refractivity contribution in [2.24, 2.45) is 0 Å². The molecule has 4 unspecified atom stereocenters. The molecule has 0 aliphatic carbocycles. The van der Waals surface area contributed by atoms with Gasteiger partial charge in [-0.25, -0.2) is 39.2 Å². The van der Waals surface area contributed by atoms with Crippen LogP contribution < -0.4 is 10.6 Å². The Balaban J connectivity index is 1.06. The summed E-state index contributed by atoms with van der Waals surface area (Å²) in [6, 6.07) is 36.7. The Labute approximate surface area is 539 Å². The Hall–Kier alpha value is -7.44. The number of benzene rings is 5. The second-order valence-electron chi connectivity index (χ2n) is 24.9. The lowest BCUT2D eigenvalue weighted by Gasteiger charge is -2.38. The van der Waals surface area contributed by atoms with Crippen molar-refractivity contribution in [1.29, 1.82) is 0 Å². The number of esters is 4. The van der Waals surface area contributed by atoms with Gasteiger partial charge in [0.2, 0.25) is 0 Å². The molecule has 0 N–H and O–H groups in total. The molecule has 0 bridgehead atoms. The Morgan fingerprint density at radius 2 is 0.522 bits per heavy atom. The van der Waals surface area contributed by atoms with Gasteiger partial charge in [0.25, 0.3) is 23.6 Å². The number of nitrogens with zero attached hydrogens (tertiary/aromatic N) is 8. The summed E-state index contributed by atoms with van der Waals surface area (Å²) in [5.74, 6) is -4.91. The van der Waals surface area contributed by atoms with Crippen LogP contribution in [0.5, 0.6) is 0 Å². The molecule has 0 aromatic heterocycles. The van der Waals surface area contributed by atoms with E-state index in [1.165, 1.54) is 28.4 Å². The van der Waals surface area contributed by atoms with Crippen LogP contribution in [0.1, 0.15) is 164 Å². The number of hydrazine groups is 2. The van der Waals surface area contributed by atoms with Crippen molar-refractivity contribution in [3.05, 3.63) is 166 Å². The van der Waals surface area contributed by atoms with E-state index in [0.29, 0.717) is 126 Å². The van der Waals surface area contributed by atoms with Gasteiger partial charge in [-0.2, -0.15) is 0 Å². The van der Waals surface area contributed by atoms with Gasteiger partial charge in [0, 0.05) is 74.6 Å². The standard InChI is InChI=1S/C70H80N8O12P2/c1-87-67(83)53-31-19-37-71(53)59(79)45-23-5-9-27-49(45)63-75-41-15-16-42-76(75)64(50-28-10-6-24-46(50)60(80)72-38-20-32-54(72)68(84)88-2)91(63)57-35-13-14-36-58(57)92-65(51-29-11-7-25-47(51)61(81)73-39-21-33-55(73)69(85)89-3)77-43-17-18-44-78(77)66(92)52-30-12-8-26-48(52)62(82)74-40-22-34-56(74)70(86)90-4/h5-14,23-30,35-36,53-56,63-66H,15-22,31-34,37-44H2,1-4H3/t53-,54-,55-,56-,63?,64?,65?,66?,91?,92?/m1/s1. The molecule has 0 saturated carbocycles. The van der Waals surface area contributed by atoms with E-state index in [9.17, 15) is 19.2 Å². The molecule has 8 saturated heterocycles. The van der Waals surface area contributed by atoms with Gasteiger partial charge in [-0.3, -0.25) is 19.2 Å². The average Bonchev–Trinajstić information content (AvgIpc) is 1.54. The lowest BCUT2D eigenvalue weighted by Crippen LogP contribution is -2.45. The molecule has 8 aliphatic rings. The van der Waals surface area contributed by atoms with Crippen molar-refractivity contribution in [2.75, 3.05) is 80.8 Å². The molecular weight excluding hydrogens is 1210 g/mol. The van der Waals surface area contributed by atoms with Gasteiger partial charge in [0.15, 0.2) is 0 Å². The third-order valence-electron chi connectivity index (χ3n) is 20.2. The number of hydrogen-bond donors (Lipinski definition) is 0. The zero-order valence-electron chi connectivity index (χ0n) is 52.7. The fourth-order valence-corrected chi connectivity index (χ4v) is 23.7. The Bertz CT molecular complexity index is 3240. The maximum atomic E-state index is 15.6. The molecule has 482 valence electrons. The topological polar surface area (TPSA) is 199 Å². The number of amides is 4. The molecule has 4 amide bonds. The van der Waals surface area contributed by atoms with E-state index >= 15 is 19.2 Å². The summed E-state index contributed by atoms with van der Waals surface area (Å²) in [7, 11) is 2.02. The first-order chi connectivity index (χ1) is 44.9. The maximum Gasteiger partial charge on any atom is 0.328 e. The quantitative estimate of drug-likeness (QED) is 0.0582. The van der Waals surface area contributed by atoms with Crippen LogP contribution in [-0.4, -0.2) is 192 Å². The highest BCUT2D eigenvalue weighted by Gasteiger charge is 2.57. The summed E-state index contributed by atoms with van der Waals surface area (Å²) in [5.41, 5.74) is 5.02. The summed E-state index contributed by atoms with van der Waals surface area (Å²) in [4.78, 5) is 123. The summed E-state index contributed by atoms with van der Waals surface area (Å²) >= 11 is 0. The number of fused-ring (bicyclic) bond motifs is 2. The number of hydrogen-bond acceptors (Lipinski definition) is 16. The van der Waals surface area contributed by atoms with Crippen LogP contribution in [0.2, 0.25) is 0 Å². The maximum absolute atomic E-state index is 15.6. The minimum absolute atomic E-state index is 0.269. The van der Waals surface area contributed by atoms with Crippen LogP contribution in [0, 0.1) is 0 Å². The van der Waals surface area contributed by atoms with E-state index in [0.717, 1.165) is 58.5 Å². The molecule has 8 atom stereocenters. The molecule has 0 radical (unpaired) electrons. The first kappa shape index (κ1) is 63.3. The van der Waals surface area contributed by atoms with Gasteiger partial charge in [0.05, 0.1) is 51.6 Å². The van der Waals surface area contributed by atoms with Gasteiger partial charge in [-0.15, -0.1) is 0 Å². The van der Waals surface area contributed by atoms with Crippen LogP contribution in [0.25, 0.3) is 0 Å². The number of carbonyl (C=O) groups excluding carboxylic acids is 8.